The summed E-state index contributed by atoms with van der Waals surface area (Å²) in [6.07, 6.45) is 4.17. The summed E-state index contributed by atoms with van der Waals surface area (Å²) >= 11 is 0. The van der Waals surface area contributed by atoms with Crippen LogP contribution in [0.25, 0.3) is 0 Å². The molecule has 2 saturated heterocycles. The molecule has 1 atom stereocenters. The molecule has 2 aliphatic rings. The number of aromatic nitrogens is 2. The first-order valence-corrected chi connectivity index (χ1v) is 8.49. The van der Waals surface area contributed by atoms with E-state index >= 15 is 0 Å². The summed E-state index contributed by atoms with van der Waals surface area (Å²) < 4.78 is 0. The highest BCUT2D eigenvalue weighted by Gasteiger charge is 2.50. The number of amides is 1. The van der Waals surface area contributed by atoms with Crippen LogP contribution in [0.15, 0.2) is 12.3 Å². The standard InChI is InChI=1S/C17H28N4O2/c1-13(22)21-12-17(10-15(23)16(21,2)3)5-8-20(9-6-17)11-14-4-7-18-19-14/h4,7,15,23H,5-6,8-12H2,1-3H3,(H,18,19). The van der Waals surface area contributed by atoms with Crippen molar-refractivity contribution in [3.8, 4) is 0 Å². The van der Waals surface area contributed by atoms with Crippen molar-refractivity contribution in [1.29, 1.82) is 0 Å². The van der Waals surface area contributed by atoms with E-state index in [1.807, 2.05) is 24.8 Å². The molecule has 0 bridgehead atoms. The summed E-state index contributed by atoms with van der Waals surface area (Å²) in [5, 5.41) is 17.6. The van der Waals surface area contributed by atoms with Gasteiger partial charge in [-0.25, -0.2) is 0 Å². The highest BCUT2D eigenvalue weighted by atomic mass is 16.3. The monoisotopic (exact) mass is 320 g/mol. The van der Waals surface area contributed by atoms with Crippen molar-refractivity contribution in [2.75, 3.05) is 19.6 Å². The third-order valence-electron chi connectivity index (χ3n) is 5.88. The van der Waals surface area contributed by atoms with Crippen LogP contribution in [0.1, 0.15) is 45.7 Å². The molecule has 2 N–H and O–H groups in total. The lowest BCUT2D eigenvalue weighted by Gasteiger charge is -2.55. The normalized spacial score (nSPS) is 27.3. The van der Waals surface area contributed by atoms with Gasteiger partial charge in [-0.15, -0.1) is 0 Å². The maximum Gasteiger partial charge on any atom is 0.219 e. The van der Waals surface area contributed by atoms with Gasteiger partial charge in [0.2, 0.25) is 5.91 Å². The second-order valence-corrected chi connectivity index (χ2v) is 7.84. The van der Waals surface area contributed by atoms with Gasteiger partial charge < -0.3 is 10.0 Å². The number of carbonyl (C=O) groups excluding carboxylic acids is 1. The molecule has 1 unspecified atom stereocenters. The average molecular weight is 320 g/mol. The Hall–Kier alpha value is -1.40. The maximum absolute atomic E-state index is 12.1. The third kappa shape index (κ3) is 3.15. The van der Waals surface area contributed by atoms with Crippen LogP contribution in [0.4, 0.5) is 0 Å². The molecule has 128 valence electrons. The fraction of sp³-hybridized carbons (Fsp3) is 0.765. The minimum absolute atomic E-state index is 0.0606. The van der Waals surface area contributed by atoms with Crippen molar-refractivity contribution in [2.24, 2.45) is 5.41 Å². The van der Waals surface area contributed by atoms with Crippen molar-refractivity contribution in [1.82, 2.24) is 20.0 Å². The van der Waals surface area contributed by atoms with Gasteiger partial charge in [0.1, 0.15) is 0 Å². The molecule has 1 aromatic rings. The fourth-order valence-corrected chi connectivity index (χ4v) is 4.12. The molecule has 0 saturated carbocycles. The first-order chi connectivity index (χ1) is 10.8. The molecule has 23 heavy (non-hydrogen) atoms. The Morgan fingerprint density at radius 1 is 1.43 bits per heavy atom. The number of aliphatic hydroxyl groups is 1. The van der Waals surface area contributed by atoms with Crippen molar-refractivity contribution in [2.45, 2.75) is 58.2 Å². The minimum atomic E-state index is -0.468. The Morgan fingerprint density at radius 2 is 2.13 bits per heavy atom. The van der Waals surface area contributed by atoms with Gasteiger partial charge in [-0.2, -0.15) is 5.10 Å². The van der Waals surface area contributed by atoms with Crippen LogP contribution >= 0.6 is 0 Å². The number of nitrogens with zero attached hydrogens (tertiary/aromatic N) is 3. The lowest BCUT2D eigenvalue weighted by atomic mass is 9.67. The van der Waals surface area contributed by atoms with E-state index in [0.29, 0.717) is 0 Å². The summed E-state index contributed by atoms with van der Waals surface area (Å²) in [6.45, 7) is 9.21. The van der Waals surface area contributed by atoms with Crippen molar-refractivity contribution < 1.29 is 9.90 Å². The van der Waals surface area contributed by atoms with Crippen LogP contribution in [0.2, 0.25) is 0 Å². The molecule has 0 aliphatic carbocycles. The predicted molar refractivity (Wildman–Crippen MR) is 87.6 cm³/mol. The van der Waals surface area contributed by atoms with E-state index in [9.17, 15) is 9.90 Å². The van der Waals surface area contributed by atoms with Gasteiger partial charge in [0.15, 0.2) is 0 Å². The van der Waals surface area contributed by atoms with Gasteiger partial charge >= 0.3 is 0 Å². The summed E-state index contributed by atoms with van der Waals surface area (Å²) in [7, 11) is 0. The molecule has 0 aromatic carbocycles. The number of aromatic amines is 1. The van der Waals surface area contributed by atoms with Crippen LogP contribution in [-0.2, 0) is 11.3 Å². The van der Waals surface area contributed by atoms with Crippen molar-refractivity contribution in [3.63, 3.8) is 0 Å². The molecule has 2 aliphatic heterocycles. The van der Waals surface area contributed by atoms with Gasteiger partial charge in [0.05, 0.1) is 11.6 Å². The van der Waals surface area contributed by atoms with E-state index in [1.165, 1.54) is 0 Å². The third-order valence-corrected chi connectivity index (χ3v) is 5.88. The van der Waals surface area contributed by atoms with E-state index in [1.54, 1.807) is 13.1 Å². The first kappa shape index (κ1) is 16.5. The molecule has 6 heteroatoms. The van der Waals surface area contributed by atoms with E-state index in [0.717, 1.165) is 51.1 Å². The minimum Gasteiger partial charge on any atom is -0.391 e. The zero-order valence-corrected chi connectivity index (χ0v) is 14.4. The van der Waals surface area contributed by atoms with Crippen molar-refractivity contribution >= 4 is 5.91 Å². The van der Waals surface area contributed by atoms with Crippen LogP contribution in [0, 0.1) is 5.41 Å². The Morgan fingerprint density at radius 3 is 2.70 bits per heavy atom. The quantitative estimate of drug-likeness (QED) is 0.863. The molecular formula is C17H28N4O2. The summed E-state index contributed by atoms with van der Waals surface area (Å²) in [5.41, 5.74) is 0.728. The molecule has 1 spiro atoms. The van der Waals surface area contributed by atoms with Crippen LogP contribution in [0.3, 0.4) is 0 Å². The van der Waals surface area contributed by atoms with Gasteiger partial charge in [-0.1, -0.05) is 0 Å². The lowest BCUT2D eigenvalue weighted by Crippen LogP contribution is -2.64. The number of aliphatic hydroxyl groups excluding tert-OH is 1. The van der Waals surface area contributed by atoms with Gasteiger partial charge in [0.25, 0.3) is 0 Å². The summed E-state index contributed by atoms with van der Waals surface area (Å²) in [4.78, 5) is 16.4. The number of nitrogens with one attached hydrogen (secondary N) is 1. The van der Waals surface area contributed by atoms with E-state index in [-0.39, 0.29) is 11.3 Å². The second-order valence-electron chi connectivity index (χ2n) is 7.84. The van der Waals surface area contributed by atoms with Gasteiger partial charge in [0, 0.05) is 31.9 Å². The summed E-state index contributed by atoms with van der Waals surface area (Å²) in [5.74, 6) is 0.0630. The Bertz CT molecular complexity index is 547. The summed E-state index contributed by atoms with van der Waals surface area (Å²) in [6, 6.07) is 2.01. The Labute approximate surface area is 137 Å². The molecule has 1 amide bonds. The molecule has 0 radical (unpaired) electrons. The average Bonchev–Trinajstić information content (AvgIpc) is 2.99. The number of rotatable bonds is 2. The number of likely N-dealkylation sites (tertiary alicyclic amines) is 2. The van der Waals surface area contributed by atoms with E-state index < -0.39 is 11.6 Å². The largest absolute Gasteiger partial charge is 0.391 e. The number of H-pyrrole nitrogens is 1. The van der Waals surface area contributed by atoms with Gasteiger partial charge in [-0.3, -0.25) is 14.8 Å². The van der Waals surface area contributed by atoms with E-state index in [2.05, 4.69) is 15.1 Å². The molecule has 3 heterocycles. The molecule has 3 rings (SSSR count). The molecular weight excluding hydrogens is 292 g/mol. The number of hydrogen-bond donors (Lipinski definition) is 2. The van der Waals surface area contributed by atoms with E-state index in [4.69, 9.17) is 0 Å². The zero-order valence-electron chi connectivity index (χ0n) is 14.4. The van der Waals surface area contributed by atoms with Crippen LogP contribution in [0.5, 0.6) is 0 Å². The molecule has 2 fully saturated rings. The topological polar surface area (TPSA) is 72.5 Å². The molecule has 1 aromatic heterocycles. The maximum atomic E-state index is 12.1. The molecule has 6 nitrogen and oxygen atoms in total. The number of hydrogen-bond acceptors (Lipinski definition) is 4. The zero-order chi connectivity index (χ0) is 16.7. The smallest absolute Gasteiger partial charge is 0.219 e. The number of piperidine rings is 2. The highest BCUT2D eigenvalue weighted by Crippen LogP contribution is 2.45. The highest BCUT2D eigenvalue weighted by molar-refractivity contribution is 5.74. The van der Waals surface area contributed by atoms with Gasteiger partial charge in [-0.05, 0) is 57.7 Å². The Kier molecular flexibility index (Phi) is 4.23. The second kappa shape index (κ2) is 5.91. The van der Waals surface area contributed by atoms with Crippen LogP contribution < -0.4 is 0 Å². The lowest BCUT2D eigenvalue weighted by molar-refractivity contribution is -0.157. The Balaban J connectivity index is 1.66. The fourth-order valence-electron chi connectivity index (χ4n) is 4.12. The SMILES string of the molecule is CC(=O)N1CC2(CCN(Cc3ccn[nH]3)CC2)CC(O)C1(C)C. The number of carbonyl (C=O) groups is 1. The first-order valence-electron chi connectivity index (χ1n) is 8.49. The predicted octanol–water partition coefficient (Wildman–Crippen LogP) is 1.38. The van der Waals surface area contributed by atoms with Crippen LogP contribution in [-0.4, -0.2) is 62.3 Å². The van der Waals surface area contributed by atoms with Crippen molar-refractivity contribution in [3.05, 3.63) is 18.0 Å².